The van der Waals surface area contributed by atoms with E-state index in [1.165, 1.54) is 12.4 Å². The van der Waals surface area contributed by atoms with E-state index in [9.17, 15) is 9.90 Å². The summed E-state index contributed by atoms with van der Waals surface area (Å²) in [6.45, 7) is 0.953. The number of hydrogen-bond donors (Lipinski definition) is 2. The van der Waals surface area contributed by atoms with Gasteiger partial charge >= 0.3 is 0 Å². The number of phenols is 1. The Morgan fingerprint density at radius 1 is 1.29 bits per heavy atom. The molecule has 7 nitrogen and oxygen atoms in total. The van der Waals surface area contributed by atoms with Crippen molar-refractivity contribution < 1.29 is 9.90 Å². The molecule has 24 heavy (non-hydrogen) atoms. The Labute approximate surface area is 138 Å². The number of carbonyl (C=O) groups is 1. The van der Waals surface area contributed by atoms with Gasteiger partial charge in [-0.3, -0.25) is 4.79 Å². The van der Waals surface area contributed by atoms with Gasteiger partial charge in [0.1, 0.15) is 5.75 Å². The zero-order chi connectivity index (χ0) is 16.5. The number of hydrogen-bond acceptors (Lipinski definition) is 5. The molecule has 0 saturated heterocycles. The van der Waals surface area contributed by atoms with Crippen LogP contribution >= 0.6 is 0 Å². The number of aromatic amines is 1. The number of nitrogens with zero attached hydrogens (tertiary/aromatic N) is 4. The van der Waals surface area contributed by atoms with Crippen LogP contribution < -0.4 is 0 Å². The summed E-state index contributed by atoms with van der Waals surface area (Å²) >= 11 is 0. The summed E-state index contributed by atoms with van der Waals surface area (Å²) in [6, 6.07) is 8.73. The maximum atomic E-state index is 12.7. The highest BCUT2D eigenvalue weighted by Gasteiger charge is 2.32. The van der Waals surface area contributed by atoms with Crippen LogP contribution in [0, 0.1) is 0 Å². The van der Waals surface area contributed by atoms with E-state index in [0.717, 1.165) is 17.0 Å². The first-order chi connectivity index (χ1) is 11.7. The van der Waals surface area contributed by atoms with E-state index < -0.39 is 0 Å². The maximum Gasteiger partial charge on any atom is 0.255 e. The molecule has 1 amide bonds. The molecule has 2 N–H and O–H groups in total. The van der Waals surface area contributed by atoms with Gasteiger partial charge in [0.25, 0.3) is 5.91 Å². The Bertz CT molecular complexity index is 877. The van der Waals surface area contributed by atoms with Crippen molar-refractivity contribution in [3.63, 3.8) is 0 Å². The summed E-state index contributed by atoms with van der Waals surface area (Å²) in [5.74, 6) is 0.00696. The van der Waals surface area contributed by atoms with Crippen LogP contribution in [0.4, 0.5) is 0 Å². The van der Waals surface area contributed by atoms with Crippen molar-refractivity contribution in [2.24, 2.45) is 0 Å². The van der Waals surface area contributed by atoms with Gasteiger partial charge in [-0.2, -0.15) is 10.2 Å². The maximum absolute atomic E-state index is 12.7. The van der Waals surface area contributed by atoms with E-state index in [1.807, 2.05) is 6.07 Å². The zero-order valence-electron chi connectivity index (χ0n) is 12.8. The average Bonchev–Trinajstić information content (AvgIpc) is 3.09. The van der Waals surface area contributed by atoms with Crippen LogP contribution in [-0.2, 0) is 6.54 Å². The third-order valence-electron chi connectivity index (χ3n) is 4.22. The van der Waals surface area contributed by atoms with Crippen LogP contribution in [-0.4, -0.2) is 42.6 Å². The smallest absolute Gasteiger partial charge is 0.255 e. The van der Waals surface area contributed by atoms with E-state index >= 15 is 0 Å². The molecule has 3 aromatic rings. The molecule has 120 valence electrons. The molecule has 0 spiro atoms. The highest BCUT2D eigenvalue weighted by molar-refractivity contribution is 5.94. The van der Waals surface area contributed by atoms with Gasteiger partial charge in [-0.05, 0) is 23.8 Å². The van der Waals surface area contributed by atoms with Gasteiger partial charge < -0.3 is 15.0 Å². The van der Waals surface area contributed by atoms with Crippen molar-refractivity contribution in [2.45, 2.75) is 12.5 Å². The first kappa shape index (κ1) is 14.4. The number of aromatic hydroxyl groups is 1. The molecule has 1 atom stereocenters. The lowest BCUT2D eigenvalue weighted by Crippen LogP contribution is -2.38. The van der Waals surface area contributed by atoms with Crippen LogP contribution in [0.2, 0.25) is 0 Å². The molecule has 0 radical (unpaired) electrons. The fourth-order valence-electron chi connectivity index (χ4n) is 3.08. The van der Waals surface area contributed by atoms with Gasteiger partial charge in [-0.25, -0.2) is 4.98 Å². The summed E-state index contributed by atoms with van der Waals surface area (Å²) in [7, 11) is 0. The van der Waals surface area contributed by atoms with Gasteiger partial charge in [-0.15, -0.1) is 0 Å². The highest BCUT2D eigenvalue weighted by Crippen LogP contribution is 2.33. The zero-order valence-corrected chi connectivity index (χ0v) is 12.8. The van der Waals surface area contributed by atoms with Crippen LogP contribution in [0.3, 0.4) is 0 Å². The number of benzene rings is 1. The van der Waals surface area contributed by atoms with Crippen LogP contribution in [0.15, 0.2) is 49.1 Å². The third-order valence-corrected chi connectivity index (χ3v) is 4.22. The van der Waals surface area contributed by atoms with Crippen molar-refractivity contribution in [1.82, 2.24) is 25.1 Å². The lowest BCUT2D eigenvalue weighted by atomic mass is 9.90. The van der Waals surface area contributed by atoms with Crippen LogP contribution in [0.25, 0.3) is 0 Å². The van der Waals surface area contributed by atoms with Crippen molar-refractivity contribution in [3.8, 4) is 5.75 Å². The number of amides is 1. The summed E-state index contributed by atoms with van der Waals surface area (Å²) in [4.78, 5) is 22.0. The summed E-state index contributed by atoms with van der Waals surface area (Å²) in [5, 5.41) is 17.3. The van der Waals surface area contributed by atoms with E-state index in [-0.39, 0.29) is 17.6 Å². The SMILES string of the molecule is O=C(c1ccnnc1)N1Cc2[nH]cnc2C(c2cccc(O)c2)C1. The topological polar surface area (TPSA) is 95.0 Å². The number of H-pyrrole nitrogens is 1. The fourth-order valence-corrected chi connectivity index (χ4v) is 3.08. The molecular formula is C17H15N5O2. The van der Waals surface area contributed by atoms with Gasteiger partial charge in [0.15, 0.2) is 0 Å². The Balaban J connectivity index is 1.70. The summed E-state index contributed by atoms with van der Waals surface area (Å²) in [6.07, 6.45) is 4.61. The second-order valence-corrected chi connectivity index (χ2v) is 5.73. The second-order valence-electron chi connectivity index (χ2n) is 5.73. The molecule has 1 aliphatic heterocycles. The van der Waals surface area contributed by atoms with E-state index in [4.69, 9.17) is 0 Å². The second kappa shape index (κ2) is 5.77. The monoisotopic (exact) mass is 321 g/mol. The van der Waals surface area contributed by atoms with Crippen LogP contribution in [0.1, 0.15) is 33.2 Å². The normalized spacial score (nSPS) is 16.7. The largest absolute Gasteiger partial charge is 0.508 e. The van der Waals surface area contributed by atoms with Crippen LogP contribution in [0.5, 0.6) is 5.75 Å². The van der Waals surface area contributed by atoms with Gasteiger partial charge in [0.2, 0.25) is 0 Å². The Hall–Kier alpha value is -3.22. The van der Waals surface area contributed by atoms with Crippen molar-refractivity contribution in [3.05, 3.63) is 71.6 Å². The van der Waals surface area contributed by atoms with E-state index in [0.29, 0.717) is 18.7 Å². The molecule has 1 aliphatic rings. The average molecular weight is 321 g/mol. The number of carbonyl (C=O) groups excluding carboxylic acids is 1. The molecule has 0 fully saturated rings. The molecule has 3 heterocycles. The summed E-state index contributed by atoms with van der Waals surface area (Å²) < 4.78 is 0. The number of phenolic OH excluding ortho intramolecular Hbond substituents is 1. The number of rotatable bonds is 2. The number of imidazole rings is 1. The predicted octanol–water partition coefficient (Wildman–Crippen LogP) is 1.69. The van der Waals surface area contributed by atoms with Crippen molar-refractivity contribution in [2.75, 3.05) is 6.54 Å². The molecule has 7 heteroatoms. The molecular weight excluding hydrogens is 306 g/mol. The molecule has 1 aromatic carbocycles. The quantitative estimate of drug-likeness (QED) is 0.749. The first-order valence-electron chi connectivity index (χ1n) is 7.59. The predicted molar refractivity (Wildman–Crippen MR) is 85.3 cm³/mol. The van der Waals surface area contributed by atoms with Crippen molar-refractivity contribution >= 4 is 5.91 Å². The minimum absolute atomic E-state index is 0.0918. The molecule has 2 aromatic heterocycles. The third kappa shape index (κ3) is 2.50. The fraction of sp³-hybridized carbons (Fsp3) is 0.176. The lowest BCUT2D eigenvalue weighted by Gasteiger charge is -2.32. The lowest BCUT2D eigenvalue weighted by molar-refractivity contribution is 0.0721. The minimum atomic E-state index is -0.102. The molecule has 0 bridgehead atoms. The van der Waals surface area contributed by atoms with E-state index in [2.05, 4.69) is 20.2 Å². The number of fused-ring (bicyclic) bond motifs is 1. The first-order valence-corrected chi connectivity index (χ1v) is 7.59. The number of aromatic nitrogens is 4. The summed E-state index contributed by atoms with van der Waals surface area (Å²) in [5.41, 5.74) is 3.25. The Morgan fingerprint density at radius 3 is 3.00 bits per heavy atom. The van der Waals surface area contributed by atoms with Gasteiger partial charge in [-0.1, -0.05) is 12.1 Å². The number of nitrogens with one attached hydrogen (secondary N) is 1. The molecule has 0 saturated carbocycles. The molecule has 0 aliphatic carbocycles. The standard InChI is InChI=1S/C17H15N5O2/c23-13-3-1-2-11(6-13)14-8-22(9-15-16(14)19-10-18-15)17(24)12-4-5-20-21-7-12/h1-7,10,14,23H,8-9H2,(H,18,19). The Morgan fingerprint density at radius 2 is 2.21 bits per heavy atom. The Kier molecular flexibility index (Phi) is 3.45. The highest BCUT2D eigenvalue weighted by atomic mass is 16.3. The van der Waals surface area contributed by atoms with Gasteiger partial charge in [0.05, 0.1) is 42.2 Å². The van der Waals surface area contributed by atoms with Gasteiger partial charge in [0, 0.05) is 12.5 Å². The minimum Gasteiger partial charge on any atom is -0.508 e. The molecule has 4 rings (SSSR count). The molecule has 1 unspecified atom stereocenters. The van der Waals surface area contributed by atoms with Crippen molar-refractivity contribution in [1.29, 1.82) is 0 Å². The van der Waals surface area contributed by atoms with E-state index in [1.54, 1.807) is 35.5 Å².